The highest BCUT2D eigenvalue weighted by atomic mass is 16.5. The molecule has 0 heterocycles. The number of hydrogen-bond acceptors (Lipinski definition) is 5. The Hall–Kier alpha value is -2.70. The number of hydrogen-bond donors (Lipinski definition) is 3. The van der Waals surface area contributed by atoms with E-state index in [9.17, 15) is 19.8 Å². The summed E-state index contributed by atoms with van der Waals surface area (Å²) in [5, 5.41) is 23.7. The van der Waals surface area contributed by atoms with Crippen LogP contribution in [0.15, 0.2) is 72.9 Å². The van der Waals surface area contributed by atoms with Gasteiger partial charge < -0.3 is 20.3 Å². The molecule has 1 amide bonds. The van der Waals surface area contributed by atoms with Crippen LogP contribution < -0.4 is 5.32 Å². The van der Waals surface area contributed by atoms with Crippen molar-refractivity contribution in [1.29, 1.82) is 0 Å². The first-order valence-corrected chi connectivity index (χ1v) is 25.7. The van der Waals surface area contributed by atoms with Crippen LogP contribution in [0.1, 0.15) is 239 Å². The van der Waals surface area contributed by atoms with Gasteiger partial charge in [0.25, 0.3) is 0 Å². The molecule has 0 radical (unpaired) electrons. The summed E-state index contributed by atoms with van der Waals surface area (Å²) >= 11 is 0. The molecule has 0 aliphatic rings. The van der Waals surface area contributed by atoms with Crippen molar-refractivity contribution in [3.8, 4) is 0 Å². The second-order valence-electron chi connectivity index (χ2n) is 17.3. The van der Waals surface area contributed by atoms with Crippen molar-refractivity contribution in [3.05, 3.63) is 72.9 Å². The number of rotatable bonds is 45. The SMILES string of the molecule is CCC/C=C/C=C/C=C/C=C/C=C/CCCCCCCC(=O)OC(CCCCCCC/C=C/CCCCCCCC)CC(=O)NC(CO)C(O)CCCCCCCCCCC. The summed E-state index contributed by atoms with van der Waals surface area (Å²) in [6.07, 6.45) is 61.0. The van der Waals surface area contributed by atoms with Gasteiger partial charge in [0.1, 0.15) is 6.10 Å². The van der Waals surface area contributed by atoms with E-state index >= 15 is 0 Å². The van der Waals surface area contributed by atoms with Gasteiger partial charge in [0.2, 0.25) is 5.91 Å². The zero-order valence-corrected chi connectivity index (χ0v) is 40.0. The highest BCUT2D eigenvalue weighted by molar-refractivity contribution is 5.77. The van der Waals surface area contributed by atoms with Gasteiger partial charge in [0.05, 0.1) is 25.2 Å². The van der Waals surface area contributed by atoms with Crippen molar-refractivity contribution in [2.75, 3.05) is 6.61 Å². The third-order valence-corrected chi connectivity index (χ3v) is 11.4. The summed E-state index contributed by atoms with van der Waals surface area (Å²) in [5.74, 6) is -0.512. The molecule has 0 bridgehead atoms. The molecule has 0 aromatic carbocycles. The lowest BCUT2D eigenvalue weighted by molar-refractivity contribution is -0.151. The maximum atomic E-state index is 13.2. The number of unbranched alkanes of at least 4 members (excludes halogenated alkanes) is 25. The molecular weight excluding hydrogens is 755 g/mol. The lowest BCUT2D eigenvalue weighted by Crippen LogP contribution is -2.46. The fraction of sp³-hybridized carbons (Fsp3) is 0.745. The van der Waals surface area contributed by atoms with Crippen LogP contribution in [-0.2, 0) is 14.3 Å². The third-order valence-electron chi connectivity index (χ3n) is 11.4. The molecule has 61 heavy (non-hydrogen) atoms. The Bertz CT molecular complexity index is 1140. The van der Waals surface area contributed by atoms with Crippen molar-refractivity contribution in [3.63, 3.8) is 0 Å². The number of aliphatic hydroxyl groups excluding tert-OH is 2. The molecule has 6 nitrogen and oxygen atoms in total. The normalized spacial score (nSPS) is 13.9. The minimum atomic E-state index is -0.796. The molecular formula is C55H97NO5. The highest BCUT2D eigenvalue weighted by Gasteiger charge is 2.24. The fourth-order valence-electron chi connectivity index (χ4n) is 7.45. The Balaban J connectivity index is 4.65. The predicted octanol–water partition coefficient (Wildman–Crippen LogP) is 15.4. The largest absolute Gasteiger partial charge is 0.462 e. The van der Waals surface area contributed by atoms with E-state index in [2.05, 4.69) is 74.7 Å². The van der Waals surface area contributed by atoms with Gasteiger partial charge >= 0.3 is 5.97 Å². The summed E-state index contributed by atoms with van der Waals surface area (Å²) in [4.78, 5) is 26.1. The Morgan fingerprint density at radius 2 is 0.885 bits per heavy atom. The number of amides is 1. The molecule has 0 saturated carbocycles. The van der Waals surface area contributed by atoms with E-state index < -0.39 is 18.2 Å². The van der Waals surface area contributed by atoms with Crippen LogP contribution >= 0.6 is 0 Å². The monoisotopic (exact) mass is 852 g/mol. The van der Waals surface area contributed by atoms with Crippen molar-refractivity contribution in [1.82, 2.24) is 5.32 Å². The summed E-state index contributed by atoms with van der Waals surface area (Å²) in [6, 6.07) is -0.711. The van der Waals surface area contributed by atoms with Gasteiger partial charge in [-0.25, -0.2) is 0 Å². The van der Waals surface area contributed by atoms with Gasteiger partial charge in [-0.05, 0) is 70.6 Å². The van der Waals surface area contributed by atoms with Gasteiger partial charge in [0.15, 0.2) is 0 Å². The molecule has 0 aliphatic heterocycles. The first kappa shape index (κ1) is 58.3. The number of ether oxygens (including phenoxy) is 1. The molecule has 6 heteroatoms. The van der Waals surface area contributed by atoms with Crippen LogP contribution in [0.3, 0.4) is 0 Å². The van der Waals surface area contributed by atoms with E-state index in [4.69, 9.17) is 4.74 Å². The minimum Gasteiger partial charge on any atom is -0.462 e. The van der Waals surface area contributed by atoms with Crippen LogP contribution in [0.25, 0.3) is 0 Å². The van der Waals surface area contributed by atoms with E-state index in [0.29, 0.717) is 19.3 Å². The predicted molar refractivity (Wildman–Crippen MR) is 264 cm³/mol. The molecule has 0 fully saturated rings. The number of esters is 1. The summed E-state index contributed by atoms with van der Waals surface area (Å²) in [5.41, 5.74) is 0. The number of carbonyl (C=O) groups excluding carboxylic acids is 2. The minimum absolute atomic E-state index is 0.0587. The zero-order valence-electron chi connectivity index (χ0n) is 40.0. The number of aliphatic hydroxyl groups is 2. The standard InChI is InChI=1S/C55H97NO5/c1-4-7-10-13-16-19-21-23-25-26-27-29-31-33-36-39-42-45-48-55(60)61-51(46-43-40-37-35-32-30-28-24-22-20-17-14-11-8-5-2)49-54(59)56-52(50-57)53(58)47-44-41-38-34-18-15-12-9-6-3/h10,13,16,19,21,23-29,51-53,57-58H,4-9,11-12,14-15,17-18,20,22,30-50H2,1-3H3,(H,56,59)/b13-10+,19-16+,23-21+,26-25+,28-24+,29-27+. The van der Waals surface area contributed by atoms with Crippen LogP contribution in [-0.4, -0.2) is 46.9 Å². The average Bonchev–Trinajstić information content (AvgIpc) is 3.25. The fourth-order valence-corrected chi connectivity index (χ4v) is 7.45. The third kappa shape index (κ3) is 43.7. The van der Waals surface area contributed by atoms with E-state index in [1.165, 1.54) is 103 Å². The van der Waals surface area contributed by atoms with Crippen LogP contribution in [0, 0.1) is 0 Å². The van der Waals surface area contributed by atoms with E-state index in [-0.39, 0.29) is 24.9 Å². The smallest absolute Gasteiger partial charge is 0.306 e. The van der Waals surface area contributed by atoms with Crippen LogP contribution in [0.5, 0.6) is 0 Å². The molecule has 352 valence electrons. The Labute approximate surface area is 377 Å². The van der Waals surface area contributed by atoms with Gasteiger partial charge in [-0.3, -0.25) is 9.59 Å². The molecule has 0 saturated heterocycles. The summed E-state index contributed by atoms with van der Waals surface area (Å²) in [7, 11) is 0. The molecule has 0 rings (SSSR count). The van der Waals surface area contributed by atoms with E-state index in [1.54, 1.807) is 0 Å². The van der Waals surface area contributed by atoms with Crippen molar-refractivity contribution in [2.45, 2.75) is 257 Å². The molecule has 3 N–H and O–H groups in total. The maximum Gasteiger partial charge on any atom is 0.306 e. The second-order valence-corrected chi connectivity index (χ2v) is 17.3. The average molecular weight is 852 g/mol. The second kappa shape index (κ2) is 48.3. The highest BCUT2D eigenvalue weighted by Crippen LogP contribution is 2.17. The van der Waals surface area contributed by atoms with Crippen molar-refractivity contribution >= 4 is 11.9 Å². The van der Waals surface area contributed by atoms with Gasteiger partial charge in [0, 0.05) is 6.42 Å². The molecule has 0 aromatic heterocycles. The molecule has 3 atom stereocenters. The van der Waals surface area contributed by atoms with Gasteiger partial charge in [-0.2, -0.15) is 0 Å². The molecule has 0 spiro atoms. The molecule has 0 aromatic rings. The number of allylic oxidation sites excluding steroid dienone is 12. The number of nitrogens with one attached hydrogen (secondary N) is 1. The topological polar surface area (TPSA) is 95.9 Å². The van der Waals surface area contributed by atoms with Gasteiger partial charge in [-0.1, -0.05) is 229 Å². The van der Waals surface area contributed by atoms with Crippen molar-refractivity contribution in [2.24, 2.45) is 0 Å². The lowest BCUT2D eigenvalue weighted by atomic mass is 10.0. The van der Waals surface area contributed by atoms with Crippen LogP contribution in [0.4, 0.5) is 0 Å². The molecule has 0 aliphatic carbocycles. The van der Waals surface area contributed by atoms with Gasteiger partial charge in [-0.15, -0.1) is 0 Å². The first-order chi connectivity index (χ1) is 30.0. The summed E-state index contributed by atoms with van der Waals surface area (Å²) in [6.45, 7) is 6.36. The quantitative estimate of drug-likeness (QED) is 0.0245. The lowest BCUT2D eigenvalue weighted by Gasteiger charge is -2.24. The first-order valence-electron chi connectivity index (χ1n) is 25.7. The van der Waals surface area contributed by atoms with Crippen LogP contribution in [0.2, 0.25) is 0 Å². The Kier molecular flexibility index (Phi) is 46.2. The maximum absolute atomic E-state index is 13.2. The summed E-state index contributed by atoms with van der Waals surface area (Å²) < 4.78 is 5.92. The molecule has 3 unspecified atom stereocenters. The zero-order chi connectivity index (χ0) is 44.5. The number of carbonyl (C=O) groups is 2. The Morgan fingerprint density at radius 3 is 1.38 bits per heavy atom. The van der Waals surface area contributed by atoms with Crippen molar-refractivity contribution < 1.29 is 24.5 Å². The van der Waals surface area contributed by atoms with E-state index in [1.807, 2.05) is 24.3 Å². The Morgan fingerprint density at radius 1 is 0.475 bits per heavy atom. The van der Waals surface area contributed by atoms with E-state index in [0.717, 1.165) is 89.9 Å².